The van der Waals surface area contributed by atoms with Crippen LogP contribution < -0.4 is 0 Å². The largest absolute Gasteiger partial charge is 0.274 e. The van der Waals surface area contributed by atoms with Gasteiger partial charge in [0, 0.05) is 6.07 Å². The quantitative estimate of drug-likeness (QED) is 0.377. The lowest BCUT2D eigenvalue weighted by Crippen LogP contribution is -1.98. The van der Waals surface area contributed by atoms with Gasteiger partial charge in [-0.3, -0.25) is 10.1 Å². The molecular weight excluding hydrogens is 160 g/mol. The summed E-state index contributed by atoms with van der Waals surface area (Å²) in [6, 6.07) is 3.66. The molecule has 0 bridgehead atoms. The van der Waals surface area contributed by atoms with Gasteiger partial charge in [-0.05, 0) is 6.07 Å². The molecule has 0 atom stereocenters. The average Bonchev–Trinajstić information content (AvgIpc) is 2.03. The molecular formula is C7H5BFNO2. The van der Waals surface area contributed by atoms with Gasteiger partial charge in [0.2, 0.25) is 0 Å². The highest BCUT2D eigenvalue weighted by Gasteiger charge is 2.14. The summed E-state index contributed by atoms with van der Waals surface area (Å²) in [5.41, 5.74) is -0.319. The Morgan fingerprint density at radius 1 is 1.58 bits per heavy atom. The maximum absolute atomic E-state index is 12.8. The molecule has 2 radical (unpaired) electrons. The Kier molecular flexibility index (Phi) is 2.42. The van der Waals surface area contributed by atoms with E-state index in [1.54, 1.807) is 0 Å². The molecule has 0 aliphatic carbocycles. The molecule has 0 aliphatic rings. The highest BCUT2D eigenvalue weighted by molar-refractivity contribution is 6.08. The fourth-order valence-electron chi connectivity index (χ4n) is 0.920. The number of benzene rings is 1. The van der Waals surface area contributed by atoms with Gasteiger partial charge in [-0.15, -0.1) is 0 Å². The Bertz CT molecular complexity index is 316. The van der Waals surface area contributed by atoms with Crippen LogP contribution in [0.4, 0.5) is 10.1 Å². The Morgan fingerprint density at radius 2 is 2.25 bits per heavy atom. The molecule has 1 rings (SSSR count). The second kappa shape index (κ2) is 3.34. The molecule has 0 aromatic heterocycles. The molecule has 0 fully saturated rings. The first-order chi connectivity index (χ1) is 5.66. The van der Waals surface area contributed by atoms with Crippen molar-refractivity contribution in [3.8, 4) is 0 Å². The third-order valence-electron chi connectivity index (χ3n) is 1.49. The number of nitro groups is 1. The smallest absolute Gasteiger partial charge is 0.258 e. The van der Waals surface area contributed by atoms with Crippen molar-refractivity contribution in [1.29, 1.82) is 0 Å². The van der Waals surface area contributed by atoms with Gasteiger partial charge in [-0.2, -0.15) is 0 Å². The minimum Gasteiger partial charge on any atom is -0.258 e. The highest BCUT2D eigenvalue weighted by Crippen LogP contribution is 2.20. The lowest BCUT2D eigenvalue weighted by molar-refractivity contribution is -0.385. The number of nitro benzene ring substituents is 1. The number of nitrogens with zero attached hydrogens (tertiary/aromatic N) is 1. The normalized spacial score (nSPS) is 9.75. The van der Waals surface area contributed by atoms with Crippen LogP contribution in [0.1, 0.15) is 5.56 Å². The van der Waals surface area contributed by atoms with E-state index >= 15 is 0 Å². The SMILES string of the molecule is [B]Cc1c(F)cccc1[N+](=O)[O-]. The van der Waals surface area contributed by atoms with E-state index in [0.29, 0.717) is 0 Å². The minimum absolute atomic E-state index is 0.0532. The fraction of sp³-hybridized carbons (Fsp3) is 0.143. The van der Waals surface area contributed by atoms with Crippen molar-refractivity contribution in [1.82, 2.24) is 0 Å². The van der Waals surface area contributed by atoms with Crippen molar-refractivity contribution in [2.24, 2.45) is 0 Å². The molecule has 5 heteroatoms. The number of hydrogen-bond donors (Lipinski definition) is 0. The van der Waals surface area contributed by atoms with E-state index in [1.165, 1.54) is 12.1 Å². The molecule has 0 spiro atoms. The third-order valence-corrected chi connectivity index (χ3v) is 1.49. The zero-order valence-electron chi connectivity index (χ0n) is 6.16. The van der Waals surface area contributed by atoms with Crippen molar-refractivity contribution in [2.75, 3.05) is 0 Å². The standard InChI is InChI=1S/C7H5BFNO2/c8-4-5-6(9)2-1-3-7(5)10(11)12/h1-3H,4H2. The summed E-state index contributed by atoms with van der Waals surface area (Å²) in [5.74, 6) is -0.633. The first kappa shape index (κ1) is 8.71. The summed E-state index contributed by atoms with van der Waals surface area (Å²) in [6.07, 6.45) is -0.164. The predicted octanol–water partition coefficient (Wildman–Crippen LogP) is 1.40. The van der Waals surface area contributed by atoms with Gasteiger partial charge in [0.1, 0.15) is 5.82 Å². The molecule has 3 nitrogen and oxygen atoms in total. The molecule has 0 saturated carbocycles. The summed E-state index contributed by atoms with van der Waals surface area (Å²) in [6.45, 7) is 0. The van der Waals surface area contributed by atoms with E-state index in [4.69, 9.17) is 7.85 Å². The lowest BCUT2D eigenvalue weighted by atomic mass is 9.95. The molecule has 0 unspecified atom stereocenters. The van der Waals surface area contributed by atoms with E-state index in [2.05, 4.69) is 0 Å². The average molecular weight is 165 g/mol. The topological polar surface area (TPSA) is 43.1 Å². The Balaban J connectivity index is 3.27. The van der Waals surface area contributed by atoms with Crippen LogP contribution in [0.2, 0.25) is 0 Å². The molecule has 0 N–H and O–H groups in total. The summed E-state index contributed by atoms with van der Waals surface area (Å²) in [7, 11) is 5.14. The molecule has 0 amide bonds. The van der Waals surface area contributed by atoms with Crippen LogP contribution in [0.5, 0.6) is 0 Å². The van der Waals surface area contributed by atoms with Crippen molar-refractivity contribution in [2.45, 2.75) is 6.32 Å². The zero-order valence-corrected chi connectivity index (χ0v) is 6.16. The first-order valence-corrected chi connectivity index (χ1v) is 3.28. The van der Waals surface area contributed by atoms with E-state index in [9.17, 15) is 14.5 Å². The highest BCUT2D eigenvalue weighted by atomic mass is 19.1. The van der Waals surface area contributed by atoms with E-state index in [-0.39, 0.29) is 17.6 Å². The molecule has 1 aromatic rings. The molecule has 0 heterocycles. The number of hydrogen-bond acceptors (Lipinski definition) is 2. The number of halogens is 1. The Morgan fingerprint density at radius 3 is 2.67 bits per heavy atom. The third kappa shape index (κ3) is 1.44. The fourth-order valence-corrected chi connectivity index (χ4v) is 0.920. The van der Waals surface area contributed by atoms with Gasteiger partial charge in [0.05, 0.1) is 18.3 Å². The van der Waals surface area contributed by atoms with Crippen molar-refractivity contribution >= 4 is 13.5 Å². The van der Waals surface area contributed by atoms with Gasteiger partial charge >= 0.3 is 0 Å². The molecule has 12 heavy (non-hydrogen) atoms. The lowest BCUT2D eigenvalue weighted by Gasteiger charge is -1.99. The first-order valence-electron chi connectivity index (χ1n) is 3.28. The van der Waals surface area contributed by atoms with E-state index < -0.39 is 10.7 Å². The van der Waals surface area contributed by atoms with Gasteiger partial charge in [0.15, 0.2) is 0 Å². The van der Waals surface area contributed by atoms with Gasteiger partial charge in [0.25, 0.3) is 5.69 Å². The summed E-state index contributed by atoms with van der Waals surface area (Å²) in [4.78, 5) is 9.67. The van der Waals surface area contributed by atoms with Crippen LogP contribution in [0.15, 0.2) is 18.2 Å². The van der Waals surface area contributed by atoms with Crippen LogP contribution in [0, 0.1) is 15.9 Å². The van der Waals surface area contributed by atoms with E-state index in [0.717, 1.165) is 6.07 Å². The number of rotatable bonds is 2. The molecule has 1 aromatic carbocycles. The van der Waals surface area contributed by atoms with E-state index in [1.807, 2.05) is 0 Å². The van der Waals surface area contributed by atoms with Crippen molar-refractivity contribution in [3.63, 3.8) is 0 Å². The second-order valence-corrected chi connectivity index (χ2v) is 2.20. The van der Waals surface area contributed by atoms with Gasteiger partial charge < -0.3 is 0 Å². The summed E-state index contributed by atoms with van der Waals surface area (Å²) < 4.78 is 12.8. The van der Waals surface area contributed by atoms with Crippen LogP contribution in [-0.2, 0) is 6.32 Å². The predicted molar refractivity (Wildman–Crippen MR) is 42.5 cm³/mol. The summed E-state index contributed by atoms with van der Waals surface area (Å²) in [5, 5.41) is 10.3. The zero-order chi connectivity index (χ0) is 9.14. The minimum atomic E-state index is -0.648. The summed E-state index contributed by atoms with van der Waals surface area (Å²) >= 11 is 0. The van der Waals surface area contributed by atoms with Crippen LogP contribution >= 0.6 is 0 Å². The van der Waals surface area contributed by atoms with Crippen LogP contribution in [0.25, 0.3) is 0 Å². The molecule has 0 saturated heterocycles. The Hall–Kier alpha value is -1.39. The van der Waals surface area contributed by atoms with Crippen LogP contribution in [-0.4, -0.2) is 12.8 Å². The maximum atomic E-state index is 12.8. The van der Waals surface area contributed by atoms with Crippen molar-refractivity contribution in [3.05, 3.63) is 39.7 Å². The Labute approximate surface area is 69.8 Å². The molecule has 0 aliphatic heterocycles. The van der Waals surface area contributed by atoms with Crippen molar-refractivity contribution < 1.29 is 9.31 Å². The maximum Gasteiger partial charge on any atom is 0.274 e. The van der Waals surface area contributed by atoms with Gasteiger partial charge in [-0.25, -0.2) is 4.39 Å². The second-order valence-electron chi connectivity index (χ2n) is 2.20. The monoisotopic (exact) mass is 165 g/mol. The molecule has 60 valence electrons. The van der Waals surface area contributed by atoms with Crippen LogP contribution in [0.3, 0.4) is 0 Å². The van der Waals surface area contributed by atoms with Gasteiger partial charge in [-0.1, -0.05) is 12.4 Å².